The molecule has 0 fully saturated rings. The van der Waals surface area contributed by atoms with Crippen molar-refractivity contribution in [1.82, 2.24) is 4.98 Å². The van der Waals surface area contributed by atoms with Crippen LogP contribution in [0, 0.1) is 0 Å². The number of aliphatic imine (C=N–C) groups is 1. The zero-order valence-corrected chi connectivity index (χ0v) is 12.7. The summed E-state index contributed by atoms with van der Waals surface area (Å²) in [7, 11) is 1.54. The highest BCUT2D eigenvalue weighted by atomic mass is 79.9. The fourth-order valence-corrected chi connectivity index (χ4v) is 2.00. The van der Waals surface area contributed by atoms with Crippen molar-refractivity contribution in [3.63, 3.8) is 0 Å². The van der Waals surface area contributed by atoms with Crippen LogP contribution in [-0.2, 0) is 4.74 Å². The van der Waals surface area contributed by atoms with Gasteiger partial charge in [-0.3, -0.25) is 9.78 Å². The maximum absolute atomic E-state index is 12.5. The topological polar surface area (TPSA) is 51.5 Å². The lowest BCUT2D eigenvalue weighted by Gasteiger charge is -2.06. The molecule has 1 aromatic heterocycles. The molecule has 0 radical (unpaired) electrons. The number of carbonyl (C=O) groups excluding carboxylic acids is 1. The van der Waals surface area contributed by atoms with Crippen LogP contribution in [0.15, 0.2) is 52.1 Å². The Morgan fingerprint density at radius 1 is 1.30 bits per heavy atom. The lowest BCUT2D eigenvalue weighted by Crippen LogP contribution is -2.04. The Hall–Kier alpha value is -2.01. The molecule has 2 rings (SSSR count). The van der Waals surface area contributed by atoms with E-state index in [1.165, 1.54) is 7.11 Å². The van der Waals surface area contributed by atoms with E-state index in [2.05, 4.69) is 25.9 Å². The average molecular weight is 333 g/mol. The molecule has 0 aliphatic rings. The minimum absolute atomic E-state index is 0.172. The van der Waals surface area contributed by atoms with Crippen LogP contribution < -0.4 is 0 Å². The quantitative estimate of drug-likeness (QED) is 0.488. The number of pyridine rings is 1. The molecule has 5 heteroatoms. The lowest BCUT2D eigenvalue weighted by atomic mass is 10.1. The van der Waals surface area contributed by atoms with Crippen LogP contribution in [0.25, 0.3) is 0 Å². The Balaban J connectivity index is 2.50. The van der Waals surface area contributed by atoms with Gasteiger partial charge in [-0.15, -0.1) is 0 Å². The van der Waals surface area contributed by atoms with Crippen molar-refractivity contribution >= 4 is 33.3 Å². The summed E-state index contributed by atoms with van der Waals surface area (Å²) in [6, 6.07) is 10.6. The van der Waals surface area contributed by atoms with Gasteiger partial charge >= 0.3 is 0 Å². The third-order valence-corrected chi connectivity index (χ3v) is 3.17. The largest absolute Gasteiger partial charge is 0.484 e. The van der Waals surface area contributed by atoms with Gasteiger partial charge in [-0.1, -0.05) is 22.0 Å². The van der Waals surface area contributed by atoms with E-state index < -0.39 is 0 Å². The summed E-state index contributed by atoms with van der Waals surface area (Å²) >= 11 is 3.37. The number of aromatic nitrogens is 1. The molecule has 0 saturated heterocycles. The van der Waals surface area contributed by atoms with Crippen molar-refractivity contribution in [2.24, 2.45) is 4.99 Å². The standard InChI is InChI=1S/C15H13BrN2O2/c1-10(20-2)18-13-7-6-11(16)9-12(13)15(19)14-5-3-4-8-17-14/h3-9H,1-2H3. The van der Waals surface area contributed by atoms with Crippen molar-refractivity contribution in [1.29, 1.82) is 0 Å². The molecule has 0 aliphatic heterocycles. The van der Waals surface area contributed by atoms with Crippen LogP contribution in [0.3, 0.4) is 0 Å². The normalized spacial score (nSPS) is 11.2. The molecule has 0 amide bonds. The molecule has 0 unspecified atom stereocenters. The summed E-state index contributed by atoms with van der Waals surface area (Å²) in [6.07, 6.45) is 1.59. The fraction of sp³-hybridized carbons (Fsp3) is 0.133. The van der Waals surface area contributed by atoms with Gasteiger partial charge in [0.05, 0.1) is 18.4 Å². The summed E-state index contributed by atoms with van der Waals surface area (Å²) in [5, 5.41) is 0. The van der Waals surface area contributed by atoms with E-state index in [1.807, 2.05) is 6.07 Å². The number of carbonyl (C=O) groups is 1. The number of ether oxygens (including phenoxy) is 1. The second kappa shape index (κ2) is 6.43. The van der Waals surface area contributed by atoms with Crippen LogP contribution in [0.4, 0.5) is 5.69 Å². The first-order valence-electron chi connectivity index (χ1n) is 5.96. The number of nitrogens with zero attached hydrogens (tertiary/aromatic N) is 2. The molecule has 2 aromatic rings. The summed E-state index contributed by atoms with van der Waals surface area (Å²) < 4.78 is 5.85. The van der Waals surface area contributed by atoms with Crippen molar-refractivity contribution in [3.05, 3.63) is 58.3 Å². The molecule has 0 N–H and O–H groups in total. The van der Waals surface area contributed by atoms with Gasteiger partial charge in [0.15, 0.2) is 5.90 Å². The van der Waals surface area contributed by atoms with Crippen molar-refractivity contribution in [3.8, 4) is 0 Å². The Labute approximate surface area is 125 Å². The molecule has 0 spiro atoms. The first kappa shape index (κ1) is 14.4. The summed E-state index contributed by atoms with van der Waals surface area (Å²) in [6.45, 7) is 1.73. The predicted molar refractivity (Wildman–Crippen MR) is 81.6 cm³/mol. The molecular formula is C15H13BrN2O2. The maximum atomic E-state index is 12.5. The minimum Gasteiger partial charge on any atom is -0.484 e. The van der Waals surface area contributed by atoms with Crippen LogP contribution in [0.1, 0.15) is 23.0 Å². The molecule has 0 atom stereocenters. The van der Waals surface area contributed by atoms with E-state index >= 15 is 0 Å². The van der Waals surface area contributed by atoms with Gasteiger partial charge in [-0.25, -0.2) is 4.99 Å². The molecular weight excluding hydrogens is 320 g/mol. The van der Waals surface area contributed by atoms with E-state index in [9.17, 15) is 4.79 Å². The number of rotatable bonds is 3. The summed E-state index contributed by atoms with van der Waals surface area (Å²) in [5.41, 5.74) is 1.43. The number of ketones is 1. The van der Waals surface area contributed by atoms with E-state index in [0.717, 1.165) is 4.47 Å². The van der Waals surface area contributed by atoms with Gasteiger partial charge in [-0.05, 0) is 30.3 Å². The van der Waals surface area contributed by atoms with E-state index in [0.29, 0.717) is 22.8 Å². The monoisotopic (exact) mass is 332 g/mol. The van der Waals surface area contributed by atoms with Gasteiger partial charge in [-0.2, -0.15) is 0 Å². The number of methoxy groups -OCH3 is 1. The van der Waals surface area contributed by atoms with Gasteiger partial charge in [0, 0.05) is 17.6 Å². The predicted octanol–water partition coefficient (Wildman–Crippen LogP) is 3.77. The SMILES string of the molecule is COC(C)=Nc1ccc(Br)cc1C(=O)c1ccccn1. The highest BCUT2D eigenvalue weighted by molar-refractivity contribution is 9.10. The van der Waals surface area contributed by atoms with Gasteiger partial charge < -0.3 is 4.74 Å². The minimum atomic E-state index is -0.172. The Morgan fingerprint density at radius 3 is 2.75 bits per heavy atom. The average Bonchev–Trinajstić information content (AvgIpc) is 2.49. The van der Waals surface area contributed by atoms with Crippen molar-refractivity contribution < 1.29 is 9.53 Å². The van der Waals surface area contributed by atoms with Gasteiger partial charge in [0.1, 0.15) is 5.69 Å². The zero-order chi connectivity index (χ0) is 14.5. The van der Waals surface area contributed by atoms with Crippen LogP contribution in [-0.4, -0.2) is 23.8 Å². The lowest BCUT2D eigenvalue weighted by molar-refractivity contribution is 0.103. The van der Waals surface area contributed by atoms with E-state index in [-0.39, 0.29) is 5.78 Å². The Bertz CT molecular complexity index is 654. The maximum Gasteiger partial charge on any atom is 0.213 e. The summed E-state index contributed by atoms with van der Waals surface area (Å²) in [4.78, 5) is 20.9. The zero-order valence-electron chi connectivity index (χ0n) is 11.1. The third-order valence-electron chi connectivity index (χ3n) is 2.67. The van der Waals surface area contributed by atoms with Crippen molar-refractivity contribution in [2.75, 3.05) is 7.11 Å². The molecule has 20 heavy (non-hydrogen) atoms. The summed E-state index contributed by atoms with van der Waals surface area (Å²) in [5.74, 6) is 0.317. The second-order valence-corrected chi connectivity index (χ2v) is 4.96. The van der Waals surface area contributed by atoms with Crippen LogP contribution >= 0.6 is 15.9 Å². The van der Waals surface area contributed by atoms with Crippen LogP contribution in [0.2, 0.25) is 0 Å². The van der Waals surface area contributed by atoms with Gasteiger partial charge in [0.2, 0.25) is 5.78 Å². The Morgan fingerprint density at radius 2 is 2.10 bits per heavy atom. The fourth-order valence-electron chi connectivity index (χ4n) is 1.64. The molecule has 1 heterocycles. The number of benzene rings is 1. The Kier molecular flexibility index (Phi) is 4.63. The highest BCUT2D eigenvalue weighted by Crippen LogP contribution is 2.26. The van der Waals surface area contributed by atoms with Crippen LogP contribution in [0.5, 0.6) is 0 Å². The third kappa shape index (κ3) is 3.30. The van der Waals surface area contributed by atoms with Gasteiger partial charge in [0.25, 0.3) is 0 Å². The highest BCUT2D eigenvalue weighted by Gasteiger charge is 2.15. The second-order valence-electron chi connectivity index (χ2n) is 4.04. The number of hydrogen-bond acceptors (Lipinski definition) is 4. The first-order valence-corrected chi connectivity index (χ1v) is 6.75. The molecule has 4 nitrogen and oxygen atoms in total. The molecule has 0 aliphatic carbocycles. The smallest absolute Gasteiger partial charge is 0.213 e. The molecule has 0 bridgehead atoms. The first-order chi connectivity index (χ1) is 9.61. The number of halogens is 1. The number of hydrogen-bond donors (Lipinski definition) is 0. The van der Waals surface area contributed by atoms with Crippen molar-refractivity contribution in [2.45, 2.75) is 6.92 Å². The molecule has 0 saturated carbocycles. The van der Waals surface area contributed by atoms with E-state index in [1.54, 1.807) is 43.5 Å². The molecule has 1 aromatic carbocycles. The van der Waals surface area contributed by atoms with E-state index in [4.69, 9.17) is 4.74 Å². The molecule has 102 valence electrons.